The van der Waals surface area contributed by atoms with E-state index in [-0.39, 0.29) is 29.8 Å². The summed E-state index contributed by atoms with van der Waals surface area (Å²) >= 11 is 0. The molecule has 2 unspecified atom stereocenters. The van der Waals surface area contributed by atoms with Crippen molar-refractivity contribution in [1.82, 2.24) is 0 Å². The number of rotatable bonds is 1. The molecule has 0 aromatic heterocycles. The molecule has 0 aliphatic heterocycles. The van der Waals surface area contributed by atoms with Crippen molar-refractivity contribution in [2.75, 3.05) is 0 Å². The molecule has 0 aromatic carbocycles. The lowest BCUT2D eigenvalue weighted by Gasteiger charge is -2.47. The first kappa shape index (κ1) is 10.7. The highest BCUT2D eigenvalue weighted by atomic mass is 35.5. The first-order valence-electron chi connectivity index (χ1n) is 3.44. The van der Waals surface area contributed by atoms with E-state index in [0.29, 0.717) is 6.42 Å². The van der Waals surface area contributed by atoms with Crippen LogP contribution in [0, 0.1) is 11.3 Å². The molecule has 1 aliphatic rings. The number of hydrogen-bond acceptors (Lipinski definition) is 2. The maximum absolute atomic E-state index is 10.5. The van der Waals surface area contributed by atoms with Crippen LogP contribution in [0.15, 0.2) is 0 Å². The zero-order chi connectivity index (χ0) is 7.94. The molecule has 0 spiro atoms. The fourth-order valence-electron chi connectivity index (χ4n) is 1.38. The van der Waals surface area contributed by atoms with Gasteiger partial charge in [-0.1, -0.05) is 13.8 Å². The quantitative estimate of drug-likeness (QED) is 0.628. The zero-order valence-electron chi connectivity index (χ0n) is 6.70. The molecule has 3 nitrogen and oxygen atoms in total. The minimum Gasteiger partial charge on any atom is -0.481 e. The molecule has 1 saturated carbocycles. The van der Waals surface area contributed by atoms with E-state index in [2.05, 4.69) is 0 Å². The summed E-state index contributed by atoms with van der Waals surface area (Å²) in [5, 5.41) is 8.63. The minimum atomic E-state index is -0.716. The first-order valence-corrected chi connectivity index (χ1v) is 3.44. The van der Waals surface area contributed by atoms with E-state index in [9.17, 15) is 4.79 Å². The predicted octanol–water partition coefficient (Wildman–Crippen LogP) is 0.866. The maximum Gasteiger partial charge on any atom is 0.307 e. The number of hydrogen-bond donors (Lipinski definition) is 2. The molecular weight excluding hydrogens is 166 g/mol. The largest absolute Gasteiger partial charge is 0.481 e. The van der Waals surface area contributed by atoms with Gasteiger partial charge in [0, 0.05) is 6.04 Å². The summed E-state index contributed by atoms with van der Waals surface area (Å²) in [6.07, 6.45) is 0.627. The smallest absolute Gasteiger partial charge is 0.307 e. The molecule has 3 N–H and O–H groups in total. The molecule has 4 heteroatoms. The second-order valence-corrected chi connectivity index (χ2v) is 3.55. The van der Waals surface area contributed by atoms with Gasteiger partial charge in [-0.15, -0.1) is 12.4 Å². The number of carboxylic acid groups (broad SMARTS) is 1. The third-order valence-corrected chi connectivity index (χ3v) is 2.64. The normalized spacial score (nSPS) is 33.4. The molecular formula is C7H14ClNO2. The number of halogens is 1. The fraction of sp³-hybridized carbons (Fsp3) is 0.857. The summed E-state index contributed by atoms with van der Waals surface area (Å²) in [7, 11) is 0. The molecule has 66 valence electrons. The Balaban J connectivity index is 0.000001000. The molecule has 0 amide bonds. The minimum absolute atomic E-state index is 0. The fourth-order valence-corrected chi connectivity index (χ4v) is 1.38. The molecule has 2 atom stereocenters. The Morgan fingerprint density at radius 3 is 2.18 bits per heavy atom. The Labute approximate surface area is 72.4 Å². The predicted molar refractivity (Wildman–Crippen MR) is 44.7 cm³/mol. The monoisotopic (exact) mass is 179 g/mol. The van der Waals surface area contributed by atoms with Crippen LogP contribution in [0.4, 0.5) is 0 Å². The highest BCUT2D eigenvalue weighted by molar-refractivity contribution is 5.85. The van der Waals surface area contributed by atoms with Crippen molar-refractivity contribution < 1.29 is 9.90 Å². The topological polar surface area (TPSA) is 63.3 Å². The van der Waals surface area contributed by atoms with E-state index in [1.807, 2.05) is 13.8 Å². The van der Waals surface area contributed by atoms with Crippen molar-refractivity contribution in [2.45, 2.75) is 26.3 Å². The Morgan fingerprint density at radius 1 is 1.64 bits per heavy atom. The van der Waals surface area contributed by atoms with E-state index < -0.39 is 5.97 Å². The van der Waals surface area contributed by atoms with Gasteiger partial charge in [0.05, 0.1) is 5.92 Å². The van der Waals surface area contributed by atoms with Gasteiger partial charge >= 0.3 is 5.97 Å². The average Bonchev–Trinajstić information content (AvgIpc) is 1.82. The summed E-state index contributed by atoms with van der Waals surface area (Å²) in [5.74, 6) is -0.950. The van der Waals surface area contributed by atoms with E-state index in [1.165, 1.54) is 0 Å². The van der Waals surface area contributed by atoms with Crippen LogP contribution in [0.5, 0.6) is 0 Å². The second-order valence-electron chi connectivity index (χ2n) is 3.55. The van der Waals surface area contributed by atoms with Gasteiger partial charge < -0.3 is 10.8 Å². The van der Waals surface area contributed by atoms with Gasteiger partial charge in [-0.05, 0) is 11.8 Å². The van der Waals surface area contributed by atoms with Crippen LogP contribution in [0.2, 0.25) is 0 Å². The lowest BCUT2D eigenvalue weighted by Crippen LogP contribution is -2.57. The van der Waals surface area contributed by atoms with E-state index in [1.54, 1.807) is 0 Å². The van der Waals surface area contributed by atoms with Gasteiger partial charge in [-0.2, -0.15) is 0 Å². The summed E-state index contributed by atoms with van der Waals surface area (Å²) in [4.78, 5) is 10.5. The number of carbonyl (C=O) groups is 1. The van der Waals surface area contributed by atoms with Crippen LogP contribution >= 0.6 is 12.4 Å². The van der Waals surface area contributed by atoms with Crippen LogP contribution in [-0.4, -0.2) is 17.1 Å². The van der Waals surface area contributed by atoms with Crippen LogP contribution in [0.25, 0.3) is 0 Å². The Hall–Kier alpha value is -0.280. The summed E-state index contributed by atoms with van der Waals surface area (Å²) < 4.78 is 0. The molecule has 0 radical (unpaired) electrons. The SMILES string of the molecule is CC1(C)C(N)CC1C(=O)O.Cl. The second kappa shape index (κ2) is 2.99. The van der Waals surface area contributed by atoms with Crippen molar-refractivity contribution in [3.63, 3.8) is 0 Å². The summed E-state index contributed by atoms with van der Waals surface area (Å²) in [6, 6.07) is 0.0635. The third kappa shape index (κ3) is 1.49. The Morgan fingerprint density at radius 2 is 2.09 bits per heavy atom. The molecule has 0 bridgehead atoms. The molecule has 1 aliphatic carbocycles. The van der Waals surface area contributed by atoms with Crippen molar-refractivity contribution in [3.05, 3.63) is 0 Å². The lowest BCUT2D eigenvalue weighted by atomic mass is 9.59. The molecule has 0 saturated heterocycles. The van der Waals surface area contributed by atoms with Gasteiger partial charge in [-0.3, -0.25) is 4.79 Å². The first-order chi connectivity index (χ1) is 4.46. The van der Waals surface area contributed by atoms with Crippen LogP contribution in [0.1, 0.15) is 20.3 Å². The van der Waals surface area contributed by atoms with Crippen molar-refractivity contribution in [3.8, 4) is 0 Å². The van der Waals surface area contributed by atoms with E-state index in [0.717, 1.165) is 0 Å². The van der Waals surface area contributed by atoms with Crippen LogP contribution < -0.4 is 5.73 Å². The summed E-state index contributed by atoms with van der Waals surface area (Å²) in [6.45, 7) is 3.81. The van der Waals surface area contributed by atoms with Gasteiger partial charge in [0.1, 0.15) is 0 Å². The van der Waals surface area contributed by atoms with E-state index >= 15 is 0 Å². The number of nitrogens with two attached hydrogens (primary N) is 1. The van der Waals surface area contributed by atoms with Crippen LogP contribution in [0.3, 0.4) is 0 Å². The van der Waals surface area contributed by atoms with Gasteiger partial charge in [-0.25, -0.2) is 0 Å². The number of aliphatic carboxylic acids is 1. The molecule has 11 heavy (non-hydrogen) atoms. The Bertz CT molecular complexity index is 170. The van der Waals surface area contributed by atoms with Crippen molar-refractivity contribution >= 4 is 18.4 Å². The highest BCUT2D eigenvalue weighted by Gasteiger charge is 2.49. The van der Waals surface area contributed by atoms with Gasteiger partial charge in [0.2, 0.25) is 0 Å². The van der Waals surface area contributed by atoms with Crippen molar-refractivity contribution in [1.29, 1.82) is 0 Å². The van der Waals surface area contributed by atoms with E-state index in [4.69, 9.17) is 10.8 Å². The van der Waals surface area contributed by atoms with Gasteiger partial charge in [0.15, 0.2) is 0 Å². The maximum atomic E-state index is 10.5. The molecule has 1 rings (SSSR count). The van der Waals surface area contributed by atoms with Crippen LogP contribution in [-0.2, 0) is 4.79 Å². The highest BCUT2D eigenvalue weighted by Crippen LogP contribution is 2.44. The zero-order valence-corrected chi connectivity index (χ0v) is 7.52. The number of carboxylic acids is 1. The molecule has 0 aromatic rings. The van der Waals surface area contributed by atoms with Gasteiger partial charge in [0.25, 0.3) is 0 Å². The lowest BCUT2D eigenvalue weighted by molar-refractivity contribution is -0.153. The molecule has 0 heterocycles. The summed E-state index contributed by atoms with van der Waals surface area (Å²) in [5.41, 5.74) is 5.42. The Kier molecular flexibility index (Phi) is 2.91. The molecule has 1 fully saturated rings. The third-order valence-electron chi connectivity index (χ3n) is 2.64. The average molecular weight is 180 g/mol. The van der Waals surface area contributed by atoms with Crippen molar-refractivity contribution in [2.24, 2.45) is 17.1 Å². The standard InChI is InChI=1S/C7H13NO2.ClH/c1-7(2)4(6(9)10)3-5(7)8;/h4-5H,3,8H2,1-2H3,(H,9,10);1H.